The first-order valence-electron chi connectivity index (χ1n) is 12.6. The van der Waals surface area contributed by atoms with Gasteiger partial charge >= 0.3 is 0 Å². The normalized spacial score (nSPS) is 14.2. The molecule has 0 bridgehead atoms. The topological polar surface area (TPSA) is 102 Å². The number of allylic oxidation sites excluding steroid dienone is 1. The highest BCUT2D eigenvalue weighted by Gasteiger charge is 2.19. The molecule has 6 rings (SSSR count). The van der Waals surface area contributed by atoms with Gasteiger partial charge in [0.05, 0.1) is 18.9 Å². The smallest absolute Gasteiger partial charge is 0.278 e. The van der Waals surface area contributed by atoms with E-state index in [1.807, 2.05) is 12.1 Å². The summed E-state index contributed by atoms with van der Waals surface area (Å²) >= 11 is 0. The second-order valence-corrected chi connectivity index (χ2v) is 9.34. The number of pyridine rings is 1. The molecule has 5 aromatic rings. The predicted octanol–water partition coefficient (Wildman–Crippen LogP) is 2.98. The van der Waals surface area contributed by atoms with Crippen LogP contribution in [-0.2, 0) is 6.54 Å². The maximum atomic E-state index is 13.6. The van der Waals surface area contributed by atoms with Crippen LogP contribution >= 0.6 is 0 Å². The number of anilines is 3. The van der Waals surface area contributed by atoms with Crippen LogP contribution in [0.5, 0.6) is 0 Å². The molecular formula is C27H27FN10O. The highest BCUT2D eigenvalue weighted by molar-refractivity contribution is 5.77. The number of hydrogen-bond acceptors (Lipinski definition) is 8. The lowest BCUT2D eigenvalue weighted by Gasteiger charge is -2.34. The zero-order chi connectivity index (χ0) is 26.9. The minimum atomic E-state index is -0.475. The van der Waals surface area contributed by atoms with Gasteiger partial charge in [0.2, 0.25) is 5.95 Å². The van der Waals surface area contributed by atoms with E-state index in [9.17, 15) is 9.18 Å². The fourth-order valence-corrected chi connectivity index (χ4v) is 4.64. The van der Waals surface area contributed by atoms with Gasteiger partial charge in [0, 0.05) is 43.8 Å². The van der Waals surface area contributed by atoms with E-state index in [1.54, 1.807) is 29.0 Å². The van der Waals surface area contributed by atoms with Crippen LogP contribution in [0.1, 0.15) is 0 Å². The monoisotopic (exact) mass is 526 g/mol. The fourth-order valence-electron chi connectivity index (χ4n) is 4.64. The third-order valence-corrected chi connectivity index (χ3v) is 6.69. The molecule has 4 aromatic heterocycles. The molecule has 0 amide bonds. The number of nitrogens with one attached hydrogen (secondary N) is 1. The summed E-state index contributed by atoms with van der Waals surface area (Å²) in [5.74, 6) is 0.670. The Kier molecular flexibility index (Phi) is 6.37. The van der Waals surface area contributed by atoms with Crippen LogP contribution in [0.4, 0.5) is 21.7 Å². The molecule has 12 heteroatoms. The van der Waals surface area contributed by atoms with Gasteiger partial charge in [-0.15, -0.1) is 6.58 Å². The highest BCUT2D eigenvalue weighted by Crippen LogP contribution is 2.22. The van der Waals surface area contributed by atoms with Crippen molar-refractivity contribution in [2.24, 2.45) is 0 Å². The molecular weight excluding hydrogens is 499 g/mol. The predicted molar refractivity (Wildman–Crippen MR) is 148 cm³/mol. The molecule has 0 atom stereocenters. The summed E-state index contributed by atoms with van der Waals surface area (Å²) in [4.78, 5) is 31.6. The Morgan fingerprint density at radius 2 is 1.79 bits per heavy atom. The summed E-state index contributed by atoms with van der Waals surface area (Å²) in [5.41, 5.74) is 2.10. The van der Waals surface area contributed by atoms with E-state index in [0.717, 1.165) is 38.1 Å². The molecule has 0 saturated carbocycles. The van der Waals surface area contributed by atoms with E-state index in [2.05, 4.69) is 60.9 Å². The molecule has 0 radical (unpaired) electrons. The Hall–Kier alpha value is -4.84. The Balaban J connectivity index is 1.35. The minimum absolute atomic E-state index is 0.230. The summed E-state index contributed by atoms with van der Waals surface area (Å²) < 4.78 is 18.0. The number of fused-ring (bicyclic) bond motifs is 1. The van der Waals surface area contributed by atoms with Crippen LogP contribution in [-0.4, -0.2) is 72.2 Å². The van der Waals surface area contributed by atoms with Crippen LogP contribution in [0.25, 0.3) is 22.7 Å². The van der Waals surface area contributed by atoms with Gasteiger partial charge in [0.1, 0.15) is 5.39 Å². The van der Waals surface area contributed by atoms with Gasteiger partial charge in [0.15, 0.2) is 23.1 Å². The van der Waals surface area contributed by atoms with Crippen molar-refractivity contribution in [1.29, 1.82) is 0 Å². The third kappa shape index (κ3) is 4.77. The second-order valence-electron chi connectivity index (χ2n) is 9.34. The molecule has 5 heterocycles. The number of benzene rings is 1. The maximum Gasteiger partial charge on any atom is 0.278 e. The lowest BCUT2D eigenvalue weighted by Crippen LogP contribution is -2.44. The largest absolute Gasteiger partial charge is 0.369 e. The Labute approximate surface area is 223 Å². The van der Waals surface area contributed by atoms with E-state index in [-0.39, 0.29) is 12.1 Å². The van der Waals surface area contributed by atoms with E-state index in [4.69, 9.17) is 0 Å². The lowest BCUT2D eigenvalue weighted by molar-refractivity contribution is 0.313. The number of likely N-dealkylation sites (N-methyl/N-ethyl adjacent to an activating group) is 1. The first-order chi connectivity index (χ1) is 19.0. The number of rotatable bonds is 7. The Morgan fingerprint density at radius 1 is 1.03 bits per heavy atom. The van der Waals surface area contributed by atoms with Crippen LogP contribution < -0.4 is 15.8 Å². The van der Waals surface area contributed by atoms with E-state index in [0.29, 0.717) is 28.6 Å². The molecule has 1 saturated heterocycles. The second kappa shape index (κ2) is 10.1. The number of hydrogen-bond donors (Lipinski definition) is 1. The van der Waals surface area contributed by atoms with Crippen molar-refractivity contribution < 1.29 is 4.39 Å². The zero-order valence-electron chi connectivity index (χ0n) is 21.4. The van der Waals surface area contributed by atoms with Crippen molar-refractivity contribution in [1.82, 2.24) is 39.0 Å². The van der Waals surface area contributed by atoms with Gasteiger partial charge in [-0.2, -0.15) is 10.1 Å². The molecule has 1 aromatic carbocycles. The van der Waals surface area contributed by atoms with Gasteiger partial charge in [0.25, 0.3) is 5.56 Å². The van der Waals surface area contributed by atoms with Crippen molar-refractivity contribution in [3.63, 3.8) is 0 Å². The molecule has 1 aliphatic rings. The third-order valence-electron chi connectivity index (χ3n) is 6.69. The molecule has 0 aliphatic carbocycles. The van der Waals surface area contributed by atoms with Crippen LogP contribution in [0.2, 0.25) is 0 Å². The molecule has 0 spiro atoms. The maximum absolute atomic E-state index is 13.6. The van der Waals surface area contributed by atoms with Gasteiger partial charge in [-0.3, -0.25) is 4.79 Å². The summed E-state index contributed by atoms with van der Waals surface area (Å²) in [6, 6.07) is 13.3. The van der Waals surface area contributed by atoms with E-state index >= 15 is 0 Å². The molecule has 1 aliphatic heterocycles. The number of piperazine rings is 1. The molecule has 1 fully saturated rings. The summed E-state index contributed by atoms with van der Waals surface area (Å²) in [6.45, 7) is 8.08. The number of halogens is 1. The average Bonchev–Trinajstić information content (AvgIpc) is 3.51. The standard InChI is InChI=1S/C27H27FN10O/c1-3-11-37-26(39)22-17-29-27(31-20-7-9-21(10-8-20)35-14-12-34(2)13-15-35)33-25(22)38(37)24-6-4-5-23(32-24)36-18-19(28)16-30-36/h3-10,16-18H,1,11-15H2,2H3,(H,29,31,33). The molecule has 1 N–H and O–H groups in total. The number of aromatic nitrogens is 7. The lowest BCUT2D eigenvalue weighted by atomic mass is 10.2. The first-order valence-corrected chi connectivity index (χ1v) is 12.6. The Morgan fingerprint density at radius 3 is 2.51 bits per heavy atom. The summed E-state index contributed by atoms with van der Waals surface area (Å²) in [5, 5.41) is 7.57. The van der Waals surface area contributed by atoms with Crippen LogP contribution in [0.15, 0.2) is 78.5 Å². The summed E-state index contributed by atoms with van der Waals surface area (Å²) in [7, 11) is 2.14. The first kappa shape index (κ1) is 24.5. The zero-order valence-corrected chi connectivity index (χ0v) is 21.4. The van der Waals surface area contributed by atoms with Crippen LogP contribution in [0, 0.1) is 5.82 Å². The van der Waals surface area contributed by atoms with Crippen molar-refractivity contribution in [3.05, 3.63) is 89.9 Å². The van der Waals surface area contributed by atoms with E-state index in [1.165, 1.54) is 27.4 Å². The van der Waals surface area contributed by atoms with Gasteiger partial charge < -0.3 is 15.1 Å². The van der Waals surface area contributed by atoms with E-state index < -0.39 is 5.82 Å². The van der Waals surface area contributed by atoms with Crippen LogP contribution in [0.3, 0.4) is 0 Å². The summed E-state index contributed by atoms with van der Waals surface area (Å²) in [6.07, 6.45) is 5.47. The Bertz CT molecular complexity index is 1700. The molecule has 11 nitrogen and oxygen atoms in total. The van der Waals surface area contributed by atoms with Crippen molar-refractivity contribution in [2.45, 2.75) is 6.54 Å². The number of nitrogens with zero attached hydrogens (tertiary/aromatic N) is 9. The molecule has 39 heavy (non-hydrogen) atoms. The van der Waals surface area contributed by atoms with Crippen molar-refractivity contribution >= 4 is 28.4 Å². The van der Waals surface area contributed by atoms with Gasteiger partial charge in [-0.25, -0.2) is 28.4 Å². The molecule has 0 unspecified atom stereocenters. The highest BCUT2D eigenvalue weighted by atomic mass is 19.1. The van der Waals surface area contributed by atoms with Crippen molar-refractivity contribution in [2.75, 3.05) is 43.4 Å². The fraction of sp³-hybridized carbons (Fsp3) is 0.222. The van der Waals surface area contributed by atoms with Gasteiger partial charge in [-0.1, -0.05) is 12.1 Å². The van der Waals surface area contributed by atoms with Crippen molar-refractivity contribution in [3.8, 4) is 11.6 Å². The minimum Gasteiger partial charge on any atom is -0.369 e. The quantitative estimate of drug-likeness (QED) is 0.323. The average molecular weight is 527 g/mol. The molecule has 198 valence electrons. The van der Waals surface area contributed by atoms with Gasteiger partial charge in [-0.05, 0) is 43.4 Å². The SMILES string of the molecule is C=CCn1c(=O)c2cnc(Nc3ccc(N4CCN(C)CC4)cc3)nc2n1-c1cccc(-n2cc(F)cn2)n1.